The molecule has 8 rings (SSSR count). The van der Waals surface area contributed by atoms with Crippen molar-refractivity contribution in [3.8, 4) is 0 Å². The number of para-hydroxylation sites is 2. The third kappa shape index (κ3) is 9.48. The molecule has 4 amide bonds. The molecule has 65 heavy (non-hydrogen) atoms. The topological polar surface area (TPSA) is 229 Å². The Morgan fingerprint density at radius 1 is 0.569 bits per heavy atom. The lowest BCUT2D eigenvalue weighted by Crippen LogP contribution is -2.53. The number of imide groups is 1. The molecule has 0 radical (unpaired) electrons. The van der Waals surface area contributed by atoms with Crippen molar-refractivity contribution in [1.29, 1.82) is 0 Å². The highest BCUT2D eigenvalue weighted by molar-refractivity contribution is 6.05. The van der Waals surface area contributed by atoms with E-state index >= 15 is 0 Å². The van der Waals surface area contributed by atoms with Crippen LogP contribution in [-0.4, -0.2) is 122 Å². The lowest BCUT2D eigenvalue weighted by molar-refractivity contribution is -0.147. The summed E-state index contributed by atoms with van der Waals surface area (Å²) < 4.78 is 12.2. The van der Waals surface area contributed by atoms with Gasteiger partial charge in [0.1, 0.15) is 12.2 Å². The molecule has 17 nitrogen and oxygen atoms in total. The van der Waals surface area contributed by atoms with Crippen LogP contribution in [0.3, 0.4) is 0 Å². The minimum atomic E-state index is -1.06. The first-order valence-corrected chi connectivity index (χ1v) is 22.5. The van der Waals surface area contributed by atoms with Gasteiger partial charge in [-0.1, -0.05) is 36.4 Å². The fourth-order valence-corrected chi connectivity index (χ4v) is 11.2. The van der Waals surface area contributed by atoms with Crippen LogP contribution in [0.1, 0.15) is 59.2 Å². The van der Waals surface area contributed by atoms with Crippen LogP contribution in [-0.2, 0) is 28.7 Å². The van der Waals surface area contributed by atoms with Crippen molar-refractivity contribution in [2.24, 2.45) is 47.3 Å². The van der Waals surface area contributed by atoms with E-state index in [0.717, 1.165) is 13.1 Å². The number of H-pyrrole nitrogens is 2. The molecule has 344 valence electrons. The van der Waals surface area contributed by atoms with Gasteiger partial charge in [0, 0.05) is 58.9 Å². The zero-order valence-electron chi connectivity index (χ0n) is 37.1. The maximum absolute atomic E-state index is 14.7. The fourth-order valence-electron chi connectivity index (χ4n) is 11.2. The number of fused-ring (bicyclic) bond motifs is 6. The summed E-state index contributed by atoms with van der Waals surface area (Å²) in [5, 5.41) is 9.59. The summed E-state index contributed by atoms with van der Waals surface area (Å²) >= 11 is 0. The highest BCUT2D eigenvalue weighted by Crippen LogP contribution is 2.56. The standard InChI is InChI=1S/C48H57N7O10/c1-54(2)17-9-15-49-43(58)39-25-19-31(35(21-25)64-47(62)29-23-37(56)51-33-13-7-5-11-27(29)33)41(39)45(60)53-46(61)42-32-20-26(40(42)44(59)50-16-10-18-55(3)4)22-36(32)65-48(63)30-24-38(57)52-34-14-8-6-12-28(30)34/h5-8,11-14,23-26,31-32,35-36,39-42H,9-10,15-22H2,1-4H3,(H,49,58)(H,50,59)(H,51,56)(H,52,57)(H,53,60,61). The molecule has 4 aromatic rings. The van der Waals surface area contributed by atoms with E-state index in [1.165, 1.54) is 12.1 Å². The molecule has 4 fully saturated rings. The number of rotatable bonds is 16. The van der Waals surface area contributed by atoms with Crippen molar-refractivity contribution in [3.63, 3.8) is 0 Å². The molecule has 10 unspecified atom stereocenters. The smallest absolute Gasteiger partial charge is 0.339 e. The third-order valence-corrected chi connectivity index (χ3v) is 14.0. The lowest BCUT2D eigenvalue weighted by Gasteiger charge is -2.36. The number of pyridine rings is 2. The van der Waals surface area contributed by atoms with Crippen LogP contribution in [0.25, 0.3) is 21.8 Å². The lowest BCUT2D eigenvalue weighted by atomic mass is 9.75. The molecule has 0 saturated heterocycles. The Kier molecular flexibility index (Phi) is 13.3. The predicted molar refractivity (Wildman–Crippen MR) is 239 cm³/mol. The maximum Gasteiger partial charge on any atom is 0.339 e. The first kappa shape index (κ1) is 45.4. The van der Waals surface area contributed by atoms with Crippen molar-refractivity contribution in [3.05, 3.63) is 92.5 Å². The summed E-state index contributed by atoms with van der Waals surface area (Å²) in [6.07, 6.45) is 1.15. The number of aromatic amines is 2. The van der Waals surface area contributed by atoms with E-state index in [0.29, 0.717) is 73.4 Å². The summed E-state index contributed by atoms with van der Waals surface area (Å²) in [5.41, 5.74) is 0.110. The second-order valence-electron chi connectivity index (χ2n) is 18.7. The molecule has 2 aromatic heterocycles. The van der Waals surface area contributed by atoms with Crippen molar-refractivity contribution in [1.82, 2.24) is 35.7 Å². The molecule has 17 heteroatoms. The van der Waals surface area contributed by atoms with Gasteiger partial charge in [0.2, 0.25) is 34.7 Å². The van der Waals surface area contributed by atoms with E-state index in [-0.39, 0.29) is 34.8 Å². The van der Waals surface area contributed by atoms with Crippen molar-refractivity contribution in [2.75, 3.05) is 54.4 Å². The van der Waals surface area contributed by atoms with Gasteiger partial charge in [0.25, 0.3) is 0 Å². The molecule has 0 spiro atoms. The van der Waals surface area contributed by atoms with E-state index in [2.05, 4.69) is 25.9 Å². The van der Waals surface area contributed by atoms with Gasteiger partial charge < -0.3 is 39.9 Å². The third-order valence-electron chi connectivity index (χ3n) is 14.0. The number of hydrogen-bond acceptors (Lipinski definition) is 12. The minimum Gasteiger partial charge on any atom is -0.458 e. The van der Waals surface area contributed by atoms with Crippen LogP contribution in [0, 0.1) is 47.3 Å². The van der Waals surface area contributed by atoms with E-state index in [4.69, 9.17) is 9.47 Å². The SMILES string of the molecule is CN(C)CCCNC(=O)C1C2CC(OC(=O)c3cc(=O)[nH]c4ccccc34)C(C2)C1C(=O)NC(=O)C1C2CC(CC2OC(=O)c2cc(=O)[nH]c3ccccc23)C1C(=O)NCCCN(C)C. The van der Waals surface area contributed by atoms with E-state index < -0.39 is 82.6 Å². The number of nitrogens with one attached hydrogen (secondary N) is 5. The Balaban J connectivity index is 1.04. The van der Waals surface area contributed by atoms with Gasteiger partial charge in [-0.15, -0.1) is 0 Å². The van der Waals surface area contributed by atoms with Crippen LogP contribution >= 0.6 is 0 Å². The molecule has 5 N–H and O–H groups in total. The fraction of sp³-hybridized carbons (Fsp3) is 0.500. The Bertz CT molecular complexity index is 2450. The van der Waals surface area contributed by atoms with E-state index in [1.807, 2.05) is 38.0 Å². The van der Waals surface area contributed by atoms with Crippen LogP contribution in [0.5, 0.6) is 0 Å². The minimum absolute atomic E-state index is 0.0725. The van der Waals surface area contributed by atoms with Gasteiger partial charge in [-0.2, -0.15) is 0 Å². The molecule has 4 aliphatic carbocycles. The molecule has 4 saturated carbocycles. The van der Waals surface area contributed by atoms with E-state index in [9.17, 15) is 38.4 Å². The van der Waals surface area contributed by atoms with Crippen LogP contribution in [0.4, 0.5) is 0 Å². The van der Waals surface area contributed by atoms with Gasteiger partial charge in [0.05, 0.1) is 34.8 Å². The summed E-state index contributed by atoms with van der Waals surface area (Å²) in [5.74, 6) is -9.27. The predicted octanol–water partition coefficient (Wildman–Crippen LogP) is 2.44. The highest BCUT2D eigenvalue weighted by atomic mass is 16.5. The van der Waals surface area contributed by atoms with Crippen molar-refractivity contribution in [2.45, 2.75) is 50.7 Å². The molecule has 4 bridgehead atoms. The van der Waals surface area contributed by atoms with E-state index in [1.54, 1.807) is 48.5 Å². The molecule has 10 atom stereocenters. The van der Waals surface area contributed by atoms with Crippen LogP contribution in [0.15, 0.2) is 70.3 Å². The van der Waals surface area contributed by atoms with Gasteiger partial charge >= 0.3 is 11.9 Å². The van der Waals surface area contributed by atoms with Crippen molar-refractivity contribution >= 4 is 57.4 Å². The van der Waals surface area contributed by atoms with Gasteiger partial charge in [-0.05, 0) is 104 Å². The Morgan fingerprint density at radius 3 is 1.37 bits per heavy atom. The molecule has 2 aromatic carbocycles. The van der Waals surface area contributed by atoms with Gasteiger partial charge in [-0.3, -0.25) is 34.1 Å². The average Bonchev–Trinajstić information content (AvgIpc) is 4.06. The maximum atomic E-state index is 14.7. The molecule has 4 aliphatic rings. The summed E-state index contributed by atoms with van der Waals surface area (Å²) in [6, 6.07) is 16.1. The van der Waals surface area contributed by atoms with Crippen LogP contribution < -0.4 is 27.1 Å². The number of carbonyl (C=O) groups excluding carboxylic acids is 6. The number of hydrogen-bond donors (Lipinski definition) is 5. The van der Waals surface area contributed by atoms with Gasteiger partial charge in [0.15, 0.2) is 0 Å². The van der Waals surface area contributed by atoms with Crippen LogP contribution in [0.2, 0.25) is 0 Å². The van der Waals surface area contributed by atoms with Gasteiger partial charge in [-0.25, -0.2) is 9.59 Å². The zero-order valence-corrected chi connectivity index (χ0v) is 37.1. The molecular weight excluding hydrogens is 835 g/mol. The Labute approximate surface area is 375 Å². The number of carbonyl (C=O) groups is 6. The molecular formula is C48H57N7O10. The quantitative estimate of drug-likeness (QED) is 0.0621. The largest absolute Gasteiger partial charge is 0.458 e. The number of nitrogens with zero attached hydrogens (tertiary/aromatic N) is 2. The monoisotopic (exact) mass is 891 g/mol. The second kappa shape index (κ2) is 19.1. The Morgan fingerprint density at radius 2 is 0.969 bits per heavy atom. The Hall–Kier alpha value is -6.20. The molecule has 2 heterocycles. The zero-order chi connectivity index (χ0) is 46.1. The number of aromatic nitrogens is 2. The number of ether oxygens (including phenoxy) is 2. The first-order chi connectivity index (χ1) is 31.2. The molecule has 0 aliphatic heterocycles. The van der Waals surface area contributed by atoms with Crippen molar-refractivity contribution < 1.29 is 38.2 Å². The number of amides is 4. The number of benzene rings is 2. The first-order valence-electron chi connectivity index (χ1n) is 22.5. The summed E-state index contributed by atoms with van der Waals surface area (Å²) in [7, 11) is 7.72. The highest BCUT2D eigenvalue weighted by Gasteiger charge is 2.62. The second-order valence-corrected chi connectivity index (χ2v) is 18.7. The number of esters is 2. The normalized spacial score (nSPS) is 26.4. The summed E-state index contributed by atoms with van der Waals surface area (Å²) in [6.45, 7) is 2.20. The average molecular weight is 892 g/mol. The summed E-state index contributed by atoms with van der Waals surface area (Å²) in [4.78, 5) is 119.